The van der Waals surface area contributed by atoms with E-state index in [-0.39, 0.29) is 35.7 Å². The van der Waals surface area contributed by atoms with Gasteiger partial charge >= 0.3 is 11.9 Å². The Balaban J connectivity index is 0. The monoisotopic (exact) mass is 338 g/mol. The summed E-state index contributed by atoms with van der Waals surface area (Å²) in [4.78, 5) is 21.4. The van der Waals surface area contributed by atoms with Crippen LogP contribution in [0.25, 0.3) is 0 Å². The first-order valence-electron chi connectivity index (χ1n) is 8.14. The van der Waals surface area contributed by atoms with Gasteiger partial charge in [0, 0.05) is 6.42 Å². The van der Waals surface area contributed by atoms with Gasteiger partial charge in [0.25, 0.3) is 0 Å². The maximum Gasteiger partial charge on any atom is 0.306 e. The lowest BCUT2D eigenvalue weighted by molar-refractivity contribution is -0.144. The second-order valence-corrected chi connectivity index (χ2v) is 7.44. The maximum atomic E-state index is 11.1. The number of carbonyl (C=O) groups excluding carboxylic acids is 1. The summed E-state index contributed by atoms with van der Waals surface area (Å²) in [5.74, 6) is -0.710. The molecule has 1 atom stereocenters. The molecular formula is C20H34O4. The van der Waals surface area contributed by atoms with Gasteiger partial charge in [-0.2, -0.15) is 0 Å². The summed E-state index contributed by atoms with van der Waals surface area (Å²) in [6.45, 7) is 21.1. The Hall–Kier alpha value is -1.84. The molecule has 0 rings (SSSR count). The standard InChI is InChI=1S/C10H18O2.C10H16O2/c1-5-10(3,4)7-8(2)6-9(11)12;1-5-7-12-9(11)8-10(3,4)6-2/h5,8H,1,6-7H2,2-4H3,(H,11,12);5-6H,1-2,7-8H2,3-4H3. The Morgan fingerprint density at radius 1 is 1.08 bits per heavy atom. The van der Waals surface area contributed by atoms with Crippen molar-refractivity contribution in [3.63, 3.8) is 0 Å². The molecule has 0 radical (unpaired) electrons. The molecule has 0 bridgehead atoms. The molecule has 4 nitrogen and oxygen atoms in total. The van der Waals surface area contributed by atoms with Crippen LogP contribution < -0.4 is 0 Å². The number of allylic oxidation sites excluding steroid dienone is 2. The minimum Gasteiger partial charge on any atom is -0.481 e. The van der Waals surface area contributed by atoms with Gasteiger partial charge in [0.2, 0.25) is 0 Å². The number of esters is 1. The van der Waals surface area contributed by atoms with Crippen LogP contribution in [-0.4, -0.2) is 23.7 Å². The summed E-state index contributed by atoms with van der Waals surface area (Å²) in [6, 6.07) is 0. The molecule has 138 valence electrons. The van der Waals surface area contributed by atoms with Crippen molar-refractivity contribution < 1.29 is 19.4 Å². The lowest BCUT2D eigenvalue weighted by Gasteiger charge is -2.23. The molecule has 0 amide bonds. The minimum absolute atomic E-state index is 0.0505. The summed E-state index contributed by atoms with van der Waals surface area (Å²) < 4.78 is 4.82. The van der Waals surface area contributed by atoms with Gasteiger partial charge < -0.3 is 9.84 Å². The zero-order valence-electron chi connectivity index (χ0n) is 15.9. The zero-order valence-corrected chi connectivity index (χ0v) is 15.9. The summed E-state index contributed by atoms with van der Waals surface area (Å²) in [5, 5.41) is 8.53. The van der Waals surface area contributed by atoms with Gasteiger partial charge in [0.05, 0.1) is 6.42 Å². The normalized spacial score (nSPS) is 12.2. The lowest BCUT2D eigenvalue weighted by Crippen LogP contribution is -2.16. The summed E-state index contributed by atoms with van der Waals surface area (Å²) >= 11 is 0. The number of ether oxygens (including phenoxy) is 1. The van der Waals surface area contributed by atoms with Crippen molar-refractivity contribution >= 4 is 11.9 Å². The van der Waals surface area contributed by atoms with Crippen molar-refractivity contribution in [2.75, 3.05) is 6.61 Å². The Morgan fingerprint density at radius 3 is 1.96 bits per heavy atom. The van der Waals surface area contributed by atoms with Crippen LogP contribution in [-0.2, 0) is 14.3 Å². The van der Waals surface area contributed by atoms with E-state index < -0.39 is 5.97 Å². The zero-order chi connectivity index (χ0) is 19.4. The highest BCUT2D eigenvalue weighted by Gasteiger charge is 2.19. The van der Waals surface area contributed by atoms with Crippen LogP contribution in [0.1, 0.15) is 53.9 Å². The fourth-order valence-corrected chi connectivity index (χ4v) is 2.00. The van der Waals surface area contributed by atoms with Gasteiger partial charge in [-0.25, -0.2) is 0 Å². The van der Waals surface area contributed by atoms with Crippen LogP contribution >= 0.6 is 0 Å². The van der Waals surface area contributed by atoms with E-state index in [0.29, 0.717) is 6.42 Å². The van der Waals surface area contributed by atoms with Gasteiger partial charge in [-0.15, -0.1) is 13.2 Å². The van der Waals surface area contributed by atoms with Crippen molar-refractivity contribution in [3.05, 3.63) is 38.0 Å². The third kappa shape index (κ3) is 15.1. The summed E-state index contributed by atoms with van der Waals surface area (Å²) in [5.41, 5.74) is -0.132. The molecule has 0 heterocycles. The average molecular weight is 338 g/mol. The fraction of sp³-hybridized carbons (Fsp3) is 0.600. The maximum absolute atomic E-state index is 11.1. The Kier molecular flexibility index (Phi) is 11.9. The molecule has 0 aliphatic heterocycles. The van der Waals surface area contributed by atoms with Gasteiger partial charge in [-0.3, -0.25) is 9.59 Å². The van der Waals surface area contributed by atoms with E-state index in [1.807, 2.05) is 26.8 Å². The van der Waals surface area contributed by atoms with Gasteiger partial charge in [-0.05, 0) is 23.2 Å². The van der Waals surface area contributed by atoms with E-state index in [9.17, 15) is 9.59 Å². The Labute approximate surface area is 147 Å². The third-order valence-corrected chi connectivity index (χ3v) is 3.46. The van der Waals surface area contributed by atoms with Gasteiger partial charge in [0.1, 0.15) is 6.61 Å². The van der Waals surface area contributed by atoms with Crippen molar-refractivity contribution in [1.82, 2.24) is 0 Å². The first kappa shape index (κ1) is 24.4. The van der Waals surface area contributed by atoms with E-state index in [2.05, 4.69) is 33.6 Å². The second-order valence-electron chi connectivity index (χ2n) is 7.44. The molecule has 0 aromatic heterocycles. The quantitative estimate of drug-likeness (QED) is 0.449. The topological polar surface area (TPSA) is 63.6 Å². The molecule has 0 aromatic carbocycles. The predicted octanol–water partition coefficient (Wildman–Crippen LogP) is 5.02. The highest BCUT2D eigenvalue weighted by molar-refractivity contribution is 5.70. The van der Waals surface area contributed by atoms with E-state index >= 15 is 0 Å². The first-order valence-corrected chi connectivity index (χ1v) is 8.14. The van der Waals surface area contributed by atoms with Crippen LogP contribution in [0.4, 0.5) is 0 Å². The molecular weight excluding hydrogens is 304 g/mol. The molecule has 0 aliphatic rings. The summed E-state index contributed by atoms with van der Waals surface area (Å²) in [7, 11) is 0. The van der Waals surface area contributed by atoms with Crippen molar-refractivity contribution in [2.24, 2.45) is 16.7 Å². The van der Waals surface area contributed by atoms with E-state index in [4.69, 9.17) is 9.84 Å². The number of carboxylic acids is 1. The highest BCUT2D eigenvalue weighted by Crippen LogP contribution is 2.27. The van der Waals surface area contributed by atoms with E-state index in [1.165, 1.54) is 0 Å². The Morgan fingerprint density at radius 2 is 1.58 bits per heavy atom. The van der Waals surface area contributed by atoms with Crippen LogP contribution in [0, 0.1) is 16.7 Å². The van der Waals surface area contributed by atoms with Crippen LogP contribution in [0.3, 0.4) is 0 Å². The van der Waals surface area contributed by atoms with Crippen molar-refractivity contribution in [1.29, 1.82) is 0 Å². The van der Waals surface area contributed by atoms with Crippen LogP contribution in [0.15, 0.2) is 38.0 Å². The second kappa shape index (κ2) is 11.7. The molecule has 0 aliphatic carbocycles. The molecule has 1 N–H and O–H groups in total. The van der Waals surface area contributed by atoms with Crippen LogP contribution in [0.5, 0.6) is 0 Å². The largest absolute Gasteiger partial charge is 0.481 e. The molecule has 1 unspecified atom stereocenters. The number of carbonyl (C=O) groups is 2. The summed E-state index contributed by atoms with van der Waals surface area (Å²) in [6.07, 6.45) is 6.68. The smallest absolute Gasteiger partial charge is 0.306 e. The first-order chi connectivity index (χ1) is 10.9. The number of carboxylic acid groups (broad SMARTS) is 1. The van der Waals surface area contributed by atoms with Crippen molar-refractivity contribution in [3.8, 4) is 0 Å². The van der Waals surface area contributed by atoms with E-state index in [0.717, 1.165) is 6.42 Å². The minimum atomic E-state index is -0.720. The fourth-order valence-electron chi connectivity index (χ4n) is 2.00. The molecule has 0 fully saturated rings. The van der Waals surface area contributed by atoms with E-state index in [1.54, 1.807) is 12.2 Å². The molecule has 0 saturated carbocycles. The van der Waals surface area contributed by atoms with Crippen LogP contribution in [0.2, 0.25) is 0 Å². The molecule has 0 aromatic rings. The number of aliphatic carboxylic acids is 1. The number of rotatable bonds is 10. The average Bonchev–Trinajstić information content (AvgIpc) is 2.44. The molecule has 24 heavy (non-hydrogen) atoms. The molecule has 0 saturated heterocycles. The number of hydrogen-bond acceptors (Lipinski definition) is 3. The number of hydrogen-bond donors (Lipinski definition) is 1. The lowest BCUT2D eigenvalue weighted by atomic mass is 9.82. The Bertz CT molecular complexity index is 433. The highest BCUT2D eigenvalue weighted by atomic mass is 16.5. The molecule has 0 spiro atoms. The van der Waals surface area contributed by atoms with Gasteiger partial charge in [0.15, 0.2) is 0 Å². The van der Waals surface area contributed by atoms with Crippen molar-refractivity contribution in [2.45, 2.75) is 53.9 Å². The predicted molar refractivity (Wildman–Crippen MR) is 99.8 cm³/mol. The third-order valence-electron chi connectivity index (χ3n) is 3.46. The van der Waals surface area contributed by atoms with Gasteiger partial charge in [-0.1, -0.05) is 59.4 Å². The SMILES string of the molecule is C=CC(C)(C)CC(C)CC(=O)O.C=CCOC(=O)CC(C)(C)C=C. The molecule has 4 heteroatoms.